The zero-order chi connectivity index (χ0) is 14.8. The Balaban J connectivity index is 2.16. The molecular weight excluding hydrogens is 309 g/mol. The van der Waals surface area contributed by atoms with E-state index in [2.05, 4.69) is 4.98 Å². The summed E-state index contributed by atoms with van der Waals surface area (Å²) < 4.78 is 37.2. The van der Waals surface area contributed by atoms with Crippen molar-refractivity contribution in [2.75, 3.05) is 13.1 Å². The summed E-state index contributed by atoms with van der Waals surface area (Å²) >= 11 is 2.72. The second-order valence-corrected chi connectivity index (χ2v) is 5.76. The summed E-state index contributed by atoms with van der Waals surface area (Å²) in [6, 6.07) is 3.70. The van der Waals surface area contributed by atoms with E-state index in [1.165, 1.54) is 35.0 Å². The fraction of sp³-hybridized carbons (Fsp3) is 0.333. The van der Waals surface area contributed by atoms with Crippen molar-refractivity contribution in [3.63, 3.8) is 0 Å². The number of hydrogen-bond donors (Lipinski definition) is 0. The summed E-state index contributed by atoms with van der Waals surface area (Å²) in [5.41, 5.74) is 0.0597. The van der Waals surface area contributed by atoms with Crippen molar-refractivity contribution in [3.8, 4) is 9.88 Å². The highest BCUT2D eigenvalue weighted by Gasteiger charge is 2.33. The van der Waals surface area contributed by atoms with Crippen molar-refractivity contribution in [1.82, 2.24) is 9.88 Å². The first-order valence-electron chi connectivity index (χ1n) is 5.76. The van der Waals surface area contributed by atoms with E-state index in [4.69, 9.17) is 0 Å². The van der Waals surface area contributed by atoms with Crippen LogP contribution in [0.2, 0.25) is 0 Å². The SMILES string of the molecule is CCN(CC(F)(F)F)C(=O)c1csc(-c2cccs2)n1. The van der Waals surface area contributed by atoms with E-state index in [9.17, 15) is 18.0 Å². The number of amides is 1. The molecule has 0 N–H and O–H groups in total. The van der Waals surface area contributed by atoms with Gasteiger partial charge in [-0.2, -0.15) is 13.2 Å². The molecule has 0 saturated heterocycles. The summed E-state index contributed by atoms with van der Waals surface area (Å²) in [6.45, 7) is 0.245. The Bertz CT molecular complexity index is 578. The lowest BCUT2D eigenvalue weighted by molar-refractivity contribution is -0.140. The van der Waals surface area contributed by atoms with Gasteiger partial charge in [0.25, 0.3) is 5.91 Å². The predicted octanol–water partition coefficient (Wildman–Crippen LogP) is 3.90. The lowest BCUT2D eigenvalue weighted by Crippen LogP contribution is -2.38. The van der Waals surface area contributed by atoms with Gasteiger partial charge in [-0.3, -0.25) is 4.79 Å². The number of nitrogens with zero attached hydrogens (tertiary/aromatic N) is 2. The second kappa shape index (κ2) is 5.92. The van der Waals surface area contributed by atoms with E-state index in [1.54, 1.807) is 0 Å². The lowest BCUT2D eigenvalue weighted by atomic mass is 10.3. The average molecular weight is 320 g/mol. The average Bonchev–Trinajstić information content (AvgIpc) is 3.03. The van der Waals surface area contributed by atoms with Crippen molar-refractivity contribution in [2.45, 2.75) is 13.1 Å². The molecule has 0 atom stereocenters. The van der Waals surface area contributed by atoms with Gasteiger partial charge in [0.2, 0.25) is 0 Å². The molecule has 0 aromatic carbocycles. The van der Waals surface area contributed by atoms with Crippen molar-refractivity contribution in [3.05, 3.63) is 28.6 Å². The van der Waals surface area contributed by atoms with Crippen LogP contribution < -0.4 is 0 Å². The van der Waals surface area contributed by atoms with E-state index in [-0.39, 0.29) is 12.2 Å². The minimum atomic E-state index is -4.40. The molecule has 0 aliphatic rings. The van der Waals surface area contributed by atoms with E-state index >= 15 is 0 Å². The highest BCUT2D eigenvalue weighted by Crippen LogP contribution is 2.28. The quantitative estimate of drug-likeness (QED) is 0.856. The van der Waals surface area contributed by atoms with E-state index in [1.807, 2.05) is 17.5 Å². The summed E-state index contributed by atoms with van der Waals surface area (Å²) in [6.07, 6.45) is -4.40. The highest BCUT2D eigenvalue weighted by molar-refractivity contribution is 7.20. The van der Waals surface area contributed by atoms with Crippen molar-refractivity contribution in [2.24, 2.45) is 0 Å². The first-order valence-corrected chi connectivity index (χ1v) is 7.52. The molecule has 0 bridgehead atoms. The van der Waals surface area contributed by atoms with Gasteiger partial charge in [0.1, 0.15) is 17.2 Å². The second-order valence-electron chi connectivity index (χ2n) is 3.95. The van der Waals surface area contributed by atoms with Crippen LogP contribution in [0.15, 0.2) is 22.9 Å². The molecule has 0 unspecified atom stereocenters. The van der Waals surface area contributed by atoms with Gasteiger partial charge in [-0.15, -0.1) is 22.7 Å². The number of alkyl halides is 3. The zero-order valence-corrected chi connectivity index (χ0v) is 12.1. The molecule has 0 saturated carbocycles. The Hall–Kier alpha value is -1.41. The molecular formula is C12H11F3N2OS2. The Morgan fingerprint density at radius 1 is 1.40 bits per heavy atom. The van der Waals surface area contributed by atoms with Crippen LogP contribution in [0.5, 0.6) is 0 Å². The topological polar surface area (TPSA) is 33.2 Å². The van der Waals surface area contributed by atoms with E-state index in [0.717, 1.165) is 9.78 Å². The van der Waals surface area contributed by atoms with Crippen LogP contribution in [-0.4, -0.2) is 35.1 Å². The van der Waals surface area contributed by atoms with Crippen molar-refractivity contribution >= 4 is 28.6 Å². The van der Waals surface area contributed by atoms with Crippen LogP contribution in [0.1, 0.15) is 17.4 Å². The van der Waals surface area contributed by atoms with Gasteiger partial charge in [0.05, 0.1) is 4.88 Å². The number of hydrogen-bond acceptors (Lipinski definition) is 4. The number of carbonyl (C=O) groups is 1. The van der Waals surface area contributed by atoms with Crippen LogP contribution in [0.4, 0.5) is 13.2 Å². The van der Waals surface area contributed by atoms with E-state index in [0.29, 0.717) is 5.01 Å². The largest absolute Gasteiger partial charge is 0.406 e. The third-order valence-corrected chi connectivity index (χ3v) is 4.38. The van der Waals surface area contributed by atoms with Gasteiger partial charge >= 0.3 is 6.18 Å². The minimum Gasteiger partial charge on any atom is -0.328 e. The molecule has 20 heavy (non-hydrogen) atoms. The third-order valence-electron chi connectivity index (χ3n) is 2.49. The molecule has 3 nitrogen and oxygen atoms in total. The Kier molecular flexibility index (Phi) is 4.44. The Labute approximate surface area is 121 Å². The molecule has 0 fully saturated rings. The van der Waals surface area contributed by atoms with Crippen LogP contribution >= 0.6 is 22.7 Å². The number of thiophene rings is 1. The highest BCUT2D eigenvalue weighted by atomic mass is 32.1. The van der Waals surface area contributed by atoms with Gasteiger partial charge in [-0.1, -0.05) is 6.07 Å². The Morgan fingerprint density at radius 2 is 2.15 bits per heavy atom. The summed E-state index contributed by atoms with van der Waals surface area (Å²) in [5.74, 6) is -0.691. The molecule has 8 heteroatoms. The molecule has 2 heterocycles. The minimum absolute atomic E-state index is 0.00972. The fourth-order valence-electron chi connectivity index (χ4n) is 1.59. The van der Waals surface area contributed by atoms with Gasteiger partial charge < -0.3 is 4.90 Å². The lowest BCUT2D eigenvalue weighted by Gasteiger charge is -2.21. The third kappa shape index (κ3) is 3.57. The molecule has 0 aliphatic carbocycles. The summed E-state index contributed by atoms with van der Waals surface area (Å²) in [4.78, 5) is 17.8. The van der Waals surface area contributed by atoms with Gasteiger partial charge in [0.15, 0.2) is 0 Å². The maximum absolute atomic E-state index is 12.4. The first-order chi connectivity index (χ1) is 9.40. The number of halogens is 3. The van der Waals surface area contributed by atoms with Crippen LogP contribution in [0, 0.1) is 0 Å². The molecule has 0 aliphatic heterocycles. The van der Waals surface area contributed by atoms with Crippen LogP contribution in [0.3, 0.4) is 0 Å². The first kappa shape index (κ1) is 15.0. The van der Waals surface area contributed by atoms with Gasteiger partial charge in [0, 0.05) is 11.9 Å². The predicted molar refractivity (Wildman–Crippen MR) is 73.1 cm³/mol. The van der Waals surface area contributed by atoms with Crippen molar-refractivity contribution in [1.29, 1.82) is 0 Å². The molecule has 108 valence electrons. The monoisotopic (exact) mass is 320 g/mol. The molecule has 0 spiro atoms. The Morgan fingerprint density at radius 3 is 2.70 bits per heavy atom. The number of carbonyl (C=O) groups excluding carboxylic acids is 1. The number of rotatable bonds is 4. The fourth-order valence-corrected chi connectivity index (χ4v) is 3.20. The molecule has 0 radical (unpaired) electrons. The zero-order valence-electron chi connectivity index (χ0n) is 10.5. The van der Waals surface area contributed by atoms with Gasteiger partial charge in [-0.25, -0.2) is 4.98 Å². The normalized spacial score (nSPS) is 11.6. The van der Waals surface area contributed by atoms with E-state index < -0.39 is 18.6 Å². The maximum Gasteiger partial charge on any atom is 0.406 e. The molecule has 2 aromatic rings. The molecule has 1 amide bonds. The molecule has 2 rings (SSSR count). The smallest absolute Gasteiger partial charge is 0.328 e. The number of thiazole rings is 1. The summed E-state index contributed by atoms with van der Waals surface area (Å²) in [5, 5.41) is 4.02. The maximum atomic E-state index is 12.4. The van der Waals surface area contributed by atoms with Crippen LogP contribution in [-0.2, 0) is 0 Å². The van der Waals surface area contributed by atoms with Crippen LogP contribution in [0.25, 0.3) is 9.88 Å². The van der Waals surface area contributed by atoms with Gasteiger partial charge in [-0.05, 0) is 18.4 Å². The standard InChI is InChI=1S/C12H11F3N2OS2/c1-2-17(7-12(13,14)15)11(18)8-6-20-10(16-8)9-4-3-5-19-9/h3-6H,2,7H2,1H3. The number of aromatic nitrogens is 1. The molecule has 2 aromatic heterocycles. The van der Waals surface area contributed by atoms with Crippen molar-refractivity contribution < 1.29 is 18.0 Å². The summed E-state index contributed by atoms with van der Waals surface area (Å²) in [7, 11) is 0.